The number of rotatable bonds is 6. The first-order valence-corrected chi connectivity index (χ1v) is 6.65. The SMILES string of the molecule is CNC(=O)CCN(C)Cc1c(C(=O)O)oc2ccccc12. The number of nitrogens with zero attached hydrogens (tertiary/aromatic N) is 1. The molecule has 1 aromatic carbocycles. The molecule has 0 radical (unpaired) electrons. The Kier molecular flexibility index (Phi) is 4.59. The zero-order valence-corrected chi connectivity index (χ0v) is 12.0. The molecular weight excluding hydrogens is 272 g/mol. The molecule has 6 heteroatoms. The maximum atomic E-state index is 11.3. The maximum Gasteiger partial charge on any atom is 0.372 e. The standard InChI is InChI=1S/C15H18N2O4/c1-16-13(18)7-8-17(2)9-11-10-5-3-4-6-12(10)21-14(11)15(19)20/h3-6H,7-9H2,1-2H3,(H,16,18)(H,19,20). The molecule has 0 saturated heterocycles. The van der Waals surface area contributed by atoms with Crippen LogP contribution in [0.5, 0.6) is 0 Å². The number of carbonyl (C=O) groups is 2. The fourth-order valence-electron chi connectivity index (χ4n) is 2.19. The highest BCUT2D eigenvalue weighted by atomic mass is 16.4. The van der Waals surface area contributed by atoms with Crippen LogP contribution in [0.2, 0.25) is 0 Å². The zero-order valence-electron chi connectivity index (χ0n) is 12.0. The lowest BCUT2D eigenvalue weighted by Crippen LogP contribution is -2.26. The van der Waals surface area contributed by atoms with Crippen molar-refractivity contribution in [2.24, 2.45) is 0 Å². The summed E-state index contributed by atoms with van der Waals surface area (Å²) < 4.78 is 5.40. The number of carbonyl (C=O) groups excluding carboxylic acids is 1. The minimum absolute atomic E-state index is 0.0389. The first-order chi connectivity index (χ1) is 10.0. The fraction of sp³-hybridized carbons (Fsp3) is 0.333. The summed E-state index contributed by atoms with van der Waals surface area (Å²) in [4.78, 5) is 24.5. The molecule has 0 unspecified atom stereocenters. The molecule has 0 aliphatic heterocycles. The number of carboxylic acids is 1. The Bertz CT molecular complexity index is 663. The Morgan fingerprint density at radius 1 is 1.33 bits per heavy atom. The van der Waals surface area contributed by atoms with E-state index in [1.54, 1.807) is 19.2 Å². The van der Waals surface area contributed by atoms with Gasteiger partial charge in [-0.2, -0.15) is 0 Å². The summed E-state index contributed by atoms with van der Waals surface area (Å²) in [5, 5.41) is 12.6. The third-order valence-corrected chi connectivity index (χ3v) is 3.32. The molecule has 1 heterocycles. The van der Waals surface area contributed by atoms with Gasteiger partial charge in [-0.1, -0.05) is 18.2 Å². The molecule has 6 nitrogen and oxygen atoms in total. The Hall–Kier alpha value is -2.34. The number of hydrogen-bond donors (Lipinski definition) is 2. The highest BCUT2D eigenvalue weighted by Gasteiger charge is 2.20. The van der Waals surface area contributed by atoms with Crippen molar-refractivity contribution in [3.8, 4) is 0 Å². The van der Waals surface area contributed by atoms with Gasteiger partial charge >= 0.3 is 5.97 Å². The van der Waals surface area contributed by atoms with Gasteiger partial charge in [0.25, 0.3) is 0 Å². The topological polar surface area (TPSA) is 82.8 Å². The lowest BCUT2D eigenvalue weighted by atomic mass is 10.1. The van der Waals surface area contributed by atoms with Gasteiger partial charge in [-0.05, 0) is 13.1 Å². The number of nitrogens with one attached hydrogen (secondary N) is 1. The van der Waals surface area contributed by atoms with Crippen LogP contribution in [0.15, 0.2) is 28.7 Å². The Morgan fingerprint density at radius 3 is 2.71 bits per heavy atom. The Balaban J connectivity index is 2.22. The highest BCUT2D eigenvalue weighted by Crippen LogP contribution is 2.26. The van der Waals surface area contributed by atoms with Crippen LogP contribution in [0.4, 0.5) is 0 Å². The average molecular weight is 290 g/mol. The van der Waals surface area contributed by atoms with Crippen LogP contribution in [-0.4, -0.2) is 42.5 Å². The fourth-order valence-corrected chi connectivity index (χ4v) is 2.19. The monoisotopic (exact) mass is 290 g/mol. The van der Waals surface area contributed by atoms with E-state index >= 15 is 0 Å². The molecule has 112 valence electrons. The molecule has 0 spiro atoms. The molecule has 0 fully saturated rings. The number of carboxylic acid groups (broad SMARTS) is 1. The number of amides is 1. The van der Waals surface area contributed by atoms with Gasteiger partial charge in [0, 0.05) is 37.5 Å². The van der Waals surface area contributed by atoms with E-state index in [0.717, 1.165) is 5.39 Å². The molecule has 0 saturated carbocycles. The average Bonchev–Trinajstić information content (AvgIpc) is 2.84. The van der Waals surface area contributed by atoms with Crippen LogP contribution in [0.1, 0.15) is 22.5 Å². The highest BCUT2D eigenvalue weighted by molar-refractivity contribution is 5.95. The summed E-state index contributed by atoms with van der Waals surface area (Å²) in [7, 11) is 3.44. The van der Waals surface area contributed by atoms with Crippen molar-refractivity contribution < 1.29 is 19.1 Å². The number of furan rings is 1. The van der Waals surface area contributed by atoms with Gasteiger partial charge in [0.15, 0.2) is 0 Å². The van der Waals surface area contributed by atoms with Crippen molar-refractivity contribution in [3.63, 3.8) is 0 Å². The second-order valence-electron chi connectivity index (χ2n) is 4.87. The van der Waals surface area contributed by atoms with E-state index in [-0.39, 0.29) is 11.7 Å². The van der Waals surface area contributed by atoms with Gasteiger partial charge < -0.3 is 19.7 Å². The number of benzene rings is 1. The number of aromatic carboxylic acids is 1. The van der Waals surface area contributed by atoms with Crippen molar-refractivity contribution in [3.05, 3.63) is 35.6 Å². The van der Waals surface area contributed by atoms with E-state index in [9.17, 15) is 14.7 Å². The van der Waals surface area contributed by atoms with Crippen LogP contribution in [0.25, 0.3) is 11.0 Å². The summed E-state index contributed by atoms with van der Waals surface area (Å²) in [5.41, 5.74) is 1.20. The van der Waals surface area contributed by atoms with Gasteiger partial charge in [-0.3, -0.25) is 4.79 Å². The summed E-state index contributed by atoms with van der Waals surface area (Å²) >= 11 is 0. The van der Waals surface area contributed by atoms with Crippen molar-refractivity contribution >= 4 is 22.8 Å². The summed E-state index contributed by atoms with van der Waals surface area (Å²) in [6, 6.07) is 7.23. The number of hydrogen-bond acceptors (Lipinski definition) is 4. The minimum atomic E-state index is -1.08. The predicted octanol–water partition coefficient (Wildman–Crippen LogP) is 1.70. The normalized spacial score (nSPS) is 11.0. The predicted molar refractivity (Wildman–Crippen MR) is 78.2 cm³/mol. The van der Waals surface area contributed by atoms with Gasteiger partial charge in [-0.25, -0.2) is 4.79 Å². The molecule has 0 aliphatic rings. The molecule has 2 aromatic rings. The van der Waals surface area contributed by atoms with Gasteiger partial charge in [0.2, 0.25) is 11.7 Å². The second kappa shape index (κ2) is 6.41. The lowest BCUT2D eigenvalue weighted by molar-refractivity contribution is -0.120. The van der Waals surface area contributed by atoms with Crippen molar-refractivity contribution in [2.75, 3.05) is 20.6 Å². The molecule has 21 heavy (non-hydrogen) atoms. The number of fused-ring (bicyclic) bond motifs is 1. The number of para-hydroxylation sites is 1. The van der Waals surface area contributed by atoms with Crippen molar-refractivity contribution in [1.29, 1.82) is 0 Å². The molecule has 0 atom stereocenters. The van der Waals surface area contributed by atoms with E-state index in [1.807, 2.05) is 24.1 Å². The zero-order chi connectivity index (χ0) is 15.4. The van der Waals surface area contributed by atoms with E-state index in [1.165, 1.54) is 0 Å². The van der Waals surface area contributed by atoms with E-state index in [4.69, 9.17) is 4.42 Å². The van der Waals surface area contributed by atoms with Crippen LogP contribution >= 0.6 is 0 Å². The molecule has 2 N–H and O–H groups in total. The van der Waals surface area contributed by atoms with Gasteiger partial charge in [0.05, 0.1) is 0 Å². The molecule has 2 rings (SSSR count). The molecule has 1 amide bonds. The van der Waals surface area contributed by atoms with Crippen LogP contribution in [-0.2, 0) is 11.3 Å². The van der Waals surface area contributed by atoms with Crippen molar-refractivity contribution in [2.45, 2.75) is 13.0 Å². The first kappa shape index (κ1) is 15.1. The van der Waals surface area contributed by atoms with E-state index < -0.39 is 5.97 Å². The van der Waals surface area contributed by atoms with E-state index in [2.05, 4.69) is 5.32 Å². The molecule has 0 aliphatic carbocycles. The van der Waals surface area contributed by atoms with E-state index in [0.29, 0.717) is 30.7 Å². The third kappa shape index (κ3) is 3.41. The van der Waals surface area contributed by atoms with Crippen LogP contribution < -0.4 is 5.32 Å². The lowest BCUT2D eigenvalue weighted by Gasteiger charge is -2.15. The third-order valence-electron chi connectivity index (χ3n) is 3.32. The second-order valence-corrected chi connectivity index (χ2v) is 4.87. The van der Waals surface area contributed by atoms with Crippen LogP contribution in [0, 0.1) is 0 Å². The minimum Gasteiger partial charge on any atom is -0.475 e. The summed E-state index contributed by atoms with van der Waals surface area (Å²) in [6.45, 7) is 0.952. The van der Waals surface area contributed by atoms with Gasteiger partial charge in [-0.15, -0.1) is 0 Å². The van der Waals surface area contributed by atoms with Crippen LogP contribution in [0.3, 0.4) is 0 Å². The maximum absolute atomic E-state index is 11.3. The largest absolute Gasteiger partial charge is 0.475 e. The van der Waals surface area contributed by atoms with Gasteiger partial charge in [0.1, 0.15) is 5.58 Å². The van der Waals surface area contributed by atoms with Crippen molar-refractivity contribution in [1.82, 2.24) is 10.2 Å². The smallest absolute Gasteiger partial charge is 0.372 e. The molecule has 1 aromatic heterocycles. The summed E-state index contributed by atoms with van der Waals surface area (Å²) in [5.74, 6) is -1.17. The summed E-state index contributed by atoms with van der Waals surface area (Å²) in [6.07, 6.45) is 0.366. The quantitative estimate of drug-likeness (QED) is 0.846. The first-order valence-electron chi connectivity index (χ1n) is 6.65. The Morgan fingerprint density at radius 2 is 2.05 bits per heavy atom. The molecular formula is C15H18N2O4. The molecule has 0 bridgehead atoms. The Labute approximate surface area is 122 Å².